The first-order valence-electron chi connectivity index (χ1n) is 12.0. The monoisotopic (exact) mass is 495 g/mol. The number of ether oxygens (including phenoxy) is 3. The van der Waals surface area contributed by atoms with E-state index in [4.69, 9.17) is 14.2 Å². The molecule has 1 heterocycles. The van der Waals surface area contributed by atoms with Crippen molar-refractivity contribution in [1.29, 1.82) is 0 Å². The van der Waals surface area contributed by atoms with E-state index in [1.54, 1.807) is 6.92 Å². The summed E-state index contributed by atoms with van der Waals surface area (Å²) in [5.74, 6) is -1.04. The third-order valence-corrected chi connectivity index (χ3v) is 5.75. The van der Waals surface area contributed by atoms with E-state index < -0.39 is 23.9 Å². The number of benzene rings is 3. The van der Waals surface area contributed by atoms with Crippen LogP contribution in [-0.4, -0.2) is 35.8 Å². The van der Waals surface area contributed by atoms with E-state index in [0.717, 1.165) is 11.0 Å². The van der Waals surface area contributed by atoms with Crippen molar-refractivity contribution in [3.8, 4) is 11.5 Å². The molecule has 4 rings (SSSR count). The molecule has 1 amide bonds. The number of rotatable bonds is 8. The first kappa shape index (κ1) is 25.4. The van der Waals surface area contributed by atoms with Crippen LogP contribution in [0.5, 0.6) is 11.5 Å². The Morgan fingerprint density at radius 2 is 1.64 bits per heavy atom. The van der Waals surface area contributed by atoms with Crippen LogP contribution in [0.1, 0.15) is 62.3 Å². The van der Waals surface area contributed by atoms with Crippen LogP contribution in [0.2, 0.25) is 0 Å². The quantitative estimate of drug-likeness (QED) is 0.427. The molecular weight excluding hydrogens is 465 g/mol. The average molecular weight is 496 g/mol. The Balaban J connectivity index is 1.86. The number of nitrogens with zero attached hydrogens (tertiary/aromatic N) is 1. The predicted molar refractivity (Wildman–Crippen MR) is 134 cm³/mol. The summed E-state index contributed by atoms with van der Waals surface area (Å²) in [5, 5.41) is 12.8. The summed E-state index contributed by atoms with van der Waals surface area (Å²) < 4.78 is 32.1. The highest BCUT2D eigenvalue weighted by Crippen LogP contribution is 2.50. The molecule has 0 saturated carbocycles. The molecule has 0 aliphatic carbocycles. The van der Waals surface area contributed by atoms with E-state index in [0.29, 0.717) is 22.3 Å². The topological polar surface area (TPSA) is 85.3 Å². The molecular formula is C28H30FNO6. The first-order valence-corrected chi connectivity index (χ1v) is 12.0. The van der Waals surface area contributed by atoms with Crippen molar-refractivity contribution in [2.75, 3.05) is 11.5 Å². The lowest BCUT2D eigenvalue weighted by Crippen LogP contribution is -2.28. The standard InChI is InChI=1S/C28H30FNO6/c1-6-34-22(31)13-17-11-12-18(14-21(17)29)30-27(32)23-24(28(30)33)26(36-16(4)5)20-10-8-7-9-19(20)25(23)35-15(2)3/h7-12,14-16,27,32H,6,13H2,1-5H3. The van der Waals surface area contributed by atoms with Gasteiger partial charge in [0.2, 0.25) is 0 Å². The van der Waals surface area contributed by atoms with Crippen LogP contribution in [0.3, 0.4) is 0 Å². The molecule has 0 fully saturated rings. The third-order valence-electron chi connectivity index (χ3n) is 5.75. The zero-order valence-electron chi connectivity index (χ0n) is 21.0. The van der Waals surface area contributed by atoms with Crippen molar-refractivity contribution in [3.63, 3.8) is 0 Å². The van der Waals surface area contributed by atoms with Gasteiger partial charge in [-0.25, -0.2) is 4.39 Å². The molecule has 0 aromatic heterocycles. The molecule has 1 aliphatic rings. The van der Waals surface area contributed by atoms with Gasteiger partial charge < -0.3 is 19.3 Å². The Morgan fingerprint density at radius 3 is 2.22 bits per heavy atom. The van der Waals surface area contributed by atoms with Gasteiger partial charge in [0.15, 0.2) is 6.23 Å². The maximum absolute atomic E-state index is 14.9. The van der Waals surface area contributed by atoms with Gasteiger partial charge in [-0.15, -0.1) is 0 Å². The smallest absolute Gasteiger partial charge is 0.310 e. The molecule has 3 aromatic carbocycles. The molecule has 3 aromatic rings. The number of anilines is 1. The zero-order chi connectivity index (χ0) is 26.1. The minimum Gasteiger partial charge on any atom is -0.490 e. The number of esters is 1. The van der Waals surface area contributed by atoms with Crippen LogP contribution < -0.4 is 14.4 Å². The van der Waals surface area contributed by atoms with Crippen LogP contribution >= 0.6 is 0 Å². The first-order chi connectivity index (χ1) is 17.1. The van der Waals surface area contributed by atoms with Crippen LogP contribution in [0.4, 0.5) is 10.1 Å². The summed E-state index contributed by atoms with van der Waals surface area (Å²) in [6.07, 6.45) is -2.14. The summed E-state index contributed by atoms with van der Waals surface area (Å²) >= 11 is 0. The summed E-state index contributed by atoms with van der Waals surface area (Å²) in [7, 11) is 0. The zero-order valence-corrected chi connectivity index (χ0v) is 21.0. The number of amides is 1. The van der Waals surface area contributed by atoms with Crippen molar-refractivity contribution in [1.82, 2.24) is 0 Å². The molecule has 36 heavy (non-hydrogen) atoms. The summed E-state index contributed by atoms with van der Waals surface area (Å²) in [4.78, 5) is 26.7. The normalized spacial score (nSPS) is 15.1. The number of fused-ring (bicyclic) bond motifs is 2. The van der Waals surface area contributed by atoms with Crippen molar-refractivity contribution in [2.45, 2.75) is 59.5 Å². The van der Waals surface area contributed by atoms with E-state index >= 15 is 0 Å². The van der Waals surface area contributed by atoms with Gasteiger partial charge in [-0.05, 0) is 52.3 Å². The molecule has 1 unspecified atom stereocenters. The molecule has 0 bridgehead atoms. The number of halogens is 1. The van der Waals surface area contributed by atoms with Crippen LogP contribution in [0.25, 0.3) is 10.8 Å². The number of aliphatic hydroxyl groups excluding tert-OH is 1. The van der Waals surface area contributed by atoms with Gasteiger partial charge in [0.05, 0.1) is 36.4 Å². The molecule has 1 aliphatic heterocycles. The Labute approximate surface area is 209 Å². The molecule has 0 saturated heterocycles. The summed E-state index contributed by atoms with van der Waals surface area (Å²) in [5.41, 5.74) is 0.735. The molecule has 0 radical (unpaired) electrons. The van der Waals surface area contributed by atoms with Gasteiger partial charge >= 0.3 is 5.97 Å². The van der Waals surface area contributed by atoms with E-state index in [-0.39, 0.29) is 47.6 Å². The van der Waals surface area contributed by atoms with Gasteiger partial charge in [-0.1, -0.05) is 30.3 Å². The second kappa shape index (κ2) is 10.1. The van der Waals surface area contributed by atoms with Crippen molar-refractivity contribution in [2.24, 2.45) is 0 Å². The third kappa shape index (κ3) is 4.60. The van der Waals surface area contributed by atoms with E-state index in [9.17, 15) is 19.1 Å². The van der Waals surface area contributed by atoms with Gasteiger partial charge in [-0.3, -0.25) is 14.5 Å². The molecule has 190 valence electrons. The molecule has 1 atom stereocenters. The Hall–Kier alpha value is -3.65. The Morgan fingerprint density at radius 1 is 1.03 bits per heavy atom. The lowest BCUT2D eigenvalue weighted by atomic mass is 9.98. The lowest BCUT2D eigenvalue weighted by Gasteiger charge is -2.23. The van der Waals surface area contributed by atoms with Gasteiger partial charge in [0.1, 0.15) is 17.3 Å². The molecule has 8 heteroatoms. The lowest BCUT2D eigenvalue weighted by molar-refractivity contribution is -0.142. The fraction of sp³-hybridized carbons (Fsp3) is 0.357. The largest absolute Gasteiger partial charge is 0.490 e. The van der Waals surface area contributed by atoms with Crippen LogP contribution in [0, 0.1) is 5.82 Å². The van der Waals surface area contributed by atoms with E-state index in [1.807, 2.05) is 52.0 Å². The maximum Gasteiger partial charge on any atom is 0.310 e. The molecule has 7 nitrogen and oxygen atoms in total. The molecule has 0 spiro atoms. The Bertz CT molecular complexity index is 1320. The second-order valence-corrected chi connectivity index (χ2v) is 9.13. The van der Waals surface area contributed by atoms with Gasteiger partial charge in [0.25, 0.3) is 5.91 Å². The minimum atomic E-state index is -1.43. The van der Waals surface area contributed by atoms with Crippen molar-refractivity contribution < 1.29 is 33.3 Å². The van der Waals surface area contributed by atoms with Crippen LogP contribution in [0.15, 0.2) is 42.5 Å². The number of aliphatic hydroxyl groups is 1. The number of hydrogen-bond acceptors (Lipinski definition) is 6. The highest BCUT2D eigenvalue weighted by molar-refractivity contribution is 6.17. The van der Waals surface area contributed by atoms with E-state index in [2.05, 4.69) is 0 Å². The Kier molecular flexibility index (Phi) is 7.17. The number of carbonyl (C=O) groups is 2. The molecule has 1 N–H and O–H groups in total. The fourth-order valence-corrected chi connectivity index (χ4v) is 4.39. The van der Waals surface area contributed by atoms with E-state index in [1.165, 1.54) is 12.1 Å². The number of hydrogen-bond donors (Lipinski definition) is 1. The summed E-state index contributed by atoms with van der Waals surface area (Å²) in [6, 6.07) is 11.4. The number of carbonyl (C=O) groups excluding carboxylic acids is 2. The second-order valence-electron chi connectivity index (χ2n) is 9.13. The average Bonchev–Trinajstić information content (AvgIpc) is 3.07. The predicted octanol–water partition coefficient (Wildman–Crippen LogP) is 5.31. The van der Waals surface area contributed by atoms with Crippen molar-refractivity contribution >= 4 is 28.3 Å². The van der Waals surface area contributed by atoms with Gasteiger partial charge in [0, 0.05) is 16.5 Å². The highest BCUT2D eigenvalue weighted by atomic mass is 19.1. The fourth-order valence-electron chi connectivity index (χ4n) is 4.39. The van der Waals surface area contributed by atoms with Gasteiger partial charge in [-0.2, -0.15) is 0 Å². The minimum absolute atomic E-state index is 0.134. The maximum atomic E-state index is 14.9. The SMILES string of the molecule is CCOC(=O)Cc1ccc(N2C(=O)c3c(c(OC(C)C)c4ccccc4c3OC(C)C)C2O)cc1F. The van der Waals surface area contributed by atoms with Crippen LogP contribution in [-0.2, 0) is 16.0 Å². The van der Waals surface area contributed by atoms with Crippen molar-refractivity contribution in [3.05, 3.63) is 65.0 Å². The summed E-state index contributed by atoms with van der Waals surface area (Å²) in [6.45, 7) is 9.29. The highest BCUT2D eigenvalue weighted by Gasteiger charge is 2.43.